The zero-order chi connectivity index (χ0) is 22.3. The predicted octanol–water partition coefficient (Wildman–Crippen LogP) is 1.71. The number of hydrogen-bond donors (Lipinski definition) is 1. The van der Waals surface area contributed by atoms with Crippen LogP contribution in [0.1, 0.15) is 25.7 Å². The van der Waals surface area contributed by atoms with Crippen LogP contribution in [0.4, 0.5) is 8.78 Å². The van der Waals surface area contributed by atoms with Gasteiger partial charge in [-0.25, -0.2) is 21.9 Å². The van der Waals surface area contributed by atoms with Gasteiger partial charge in [0.05, 0.1) is 11.4 Å². The third kappa shape index (κ3) is 7.01. The van der Waals surface area contributed by atoms with E-state index in [9.17, 15) is 22.0 Å². The molecule has 2 aliphatic heterocycles. The topological polar surface area (TPSA) is 88.2 Å². The molecule has 0 atom stereocenters. The fourth-order valence-electron chi connectivity index (χ4n) is 3.59. The van der Waals surface area contributed by atoms with Gasteiger partial charge in [0.25, 0.3) is 6.43 Å². The molecule has 0 aliphatic carbocycles. The highest BCUT2D eigenvalue weighted by Gasteiger charge is 2.22. The number of nitrogens with zero attached hydrogens (tertiary/aromatic N) is 2. The van der Waals surface area contributed by atoms with Gasteiger partial charge < -0.3 is 14.4 Å². The van der Waals surface area contributed by atoms with Crippen molar-refractivity contribution in [3.63, 3.8) is 0 Å². The Balaban J connectivity index is 1.32. The van der Waals surface area contributed by atoms with Crippen LogP contribution in [-0.2, 0) is 14.8 Å². The molecule has 0 unspecified atom stereocenters. The van der Waals surface area contributed by atoms with Crippen LogP contribution >= 0.6 is 0 Å². The van der Waals surface area contributed by atoms with Gasteiger partial charge in [-0.15, -0.1) is 0 Å². The summed E-state index contributed by atoms with van der Waals surface area (Å²) in [4.78, 5) is 15.8. The van der Waals surface area contributed by atoms with Gasteiger partial charge in [-0.1, -0.05) is 6.42 Å². The maximum absolute atomic E-state index is 12.4. The van der Waals surface area contributed by atoms with Crippen LogP contribution in [0.2, 0.25) is 0 Å². The number of carbonyl (C=O) groups is 1. The van der Waals surface area contributed by atoms with Crippen LogP contribution in [0.3, 0.4) is 0 Å². The van der Waals surface area contributed by atoms with Gasteiger partial charge in [0, 0.05) is 45.2 Å². The second-order valence-electron chi connectivity index (χ2n) is 7.59. The Morgan fingerprint density at radius 2 is 1.74 bits per heavy atom. The molecule has 2 heterocycles. The number of unbranched alkanes of at least 4 members (excludes halogenated alkanes) is 2. The number of carbonyl (C=O) groups excluding carboxylic acids is 1. The fraction of sp³-hybridized carbons (Fsp3) is 0.650. The van der Waals surface area contributed by atoms with Crippen LogP contribution in [0.15, 0.2) is 23.1 Å². The van der Waals surface area contributed by atoms with Crippen molar-refractivity contribution in [2.24, 2.45) is 0 Å². The molecule has 1 aromatic rings. The Bertz CT molecular complexity index is 845. The van der Waals surface area contributed by atoms with E-state index in [1.165, 1.54) is 12.1 Å². The first-order chi connectivity index (χ1) is 14.8. The Morgan fingerprint density at radius 1 is 1.03 bits per heavy atom. The largest absolute Gasteiger partial charge is 0.486 e. The second kappa shape index (κ2) is 11.1. The minimum absolute atomic E-state index is 0.0218. The number of sulfonamides is 1. The van der Waals surface area contributed by atoms with Gasteiger partial charge in [-0.3, -0.25) is 9.69 Å². The molecule has 8 nitrogen and oxygen atoms in total. The van der Waals surface area contributed by atoms with Gasteiger partial charge in [0.2, 0.25) is 15.9 Å². The summed E-state index contributed by atoms with van der Waals surface area (Å²) in [6.45, 7) is 2.74. The highest BCUT2D eigenvalue weighted by Crippen LogP contribution is 2.32. The predicted molar refractivity (Wildman–Crippen MR) is 110 cm³/mol. The lowest BCUT2D eigenvalue weighted by Crippen LogP contribution is -2.49. The van der Waals surface area contributed by atoms with Crippen LogP contribution in [0, 0.1) is 0 Å². The molecule has 0 radical (unpaired) electrons. The first-order valence-corrected chi connectivity index (χ1v) is 12.0. The number of benzene rings is 1. The number of alkyl halides is 2. The standard InChI is InChI=1S/C20H29F2N3O5S/c21-19(22)15-24-8-10-25(11-9-24)20(26)4-2-1-3-7-23-31(27,28)16-5-6-17-18(14-16)30-13-12-29-17/h5-6,14,19,23H,1-4,7-13,15H2. The van der Waals surface area contributed by atoms with Crippen LogP contribution in [0.25, 0.3) is 0 Å². The van der Waals surface area contributed by atoms with Crippen molar-refractivity contribution >= 4 is 15.9 Å². The van der Waals surface area contributed by atoms with E-state index in [0.29, 0.717) is 76.6 Å². The summed E-state index contributed by atoms with van der Waals surface area (Å²) in [6, 6.07) is 4.52. The maximum Gasteiger partial charge on any atom is 0.251 e. The van der Waals surface area contributed by atoms with Crippen molar-refractivity contribution < 1.29 is 31.5 Å². The molecule has 1 saturated heterocycles. The number of halogens is 2. The van der Waals surface area contributed by atoms with Crippen molar-refractivity contribution in [3.05, 3.63) is 18.2 Å². The summed E-state index contributed by atoms with van der Waals surface area (Å²) in [5, 5.41) is 0. The number of fused-ring (bicyclic) bond motifs is 1. The molecule has 174 valence electrons. The molecule has 1 aromatic carbocycles. The average molecular weight is 462 g/mol. The van der Waals surface area contributed by atoms with E-state index in [0.717, 1.165) is 0 Å². The lowest BCUT2D eigenvalue weighted by Gasteiger charge is -2.34. The van der Waals surface area contributed by atoms with Crippen molar-refractivity contribution in [3.8, 4) is 11.5 Å². The van der Waals surface area contributed by atoms with Crippen molar-refractivity contribution in [1.29, 1.82) is 0 Å². The van der Waals surface area contributed by atoms with E-state index in [1.807, 2.05) is 0 Å². The molecular formula is C20H29F2N3O5S. The van der Waals surface area contributed by atoms with Gasteiger partial charge in [-0.2, -0.15) is 0 Å². The van der Waals surface area contributed by atoms with Gasteiger partial charge >= 0.3 is 0 Å². The Labute approximate surface area is 181 Å². The third-order valence-corrected chi connectivity index (χ3v) is 6.76. The Hall–Kier alpha value is -1.98. The molecule has 2 aliphatic rings. The molecule has 0 spiro atoms. The minimum Gasteiger partial charge on any atom is -0.486 e. The van der Waals surface area contributed by atoms with Crippen LogP contribution < -0.4 is 14.2 Å². The monoisotopic (exact) mass is 461 g/mol. The smallest absolute Gasteiger partial charge is 0.251 e. The van der Waals surface area contributed by atoms with E-state index in [2.05, 4.69) is 4.72 Å². The molecule has 1 fully saturated rings. The Kier molecular flexibility index (Phi) is 8.44. The second-order valence-corrected chi connectivity index (χ2v) is 9.35. The maximum atomic E-state index is 12.4. The first kappa shape index (κ1) is 23.7. The fourth-order valence-corrected chi connectivity index (χ4v) is 4.68. The number of ether oxygens (including phenoxy) is 2. The highest BCUT2D eigenvalue weighted by atomic mass is 32.2. The van der Waals surface area contributed by atoms with Gasteiger partial charge in [-0.05, 0) is 25.0 Å². The van der Waals surface area contributed by atoms with E-state index in [-0.39, 0.29) is 23.9 Å². The Morgan fingerprint density at radius 3 is 2.45 bits per heavy atom. The van der Waals surface area contributed by atoms with E-state index in [1.54, 1.807) is 15.9 Å². The van der Waals surface area contributed by atoms with Crippen molar-refractivity contribution in [2.75, 3.05) is 52.5 Å². The minimum atomic E-state index is -3.65. The number of piperazine rings is 1. The van der Waals surface area contributed by atoms with Gasteiger partial charge in [0.15, 0.2) is 11.5 Å². The number of amides is 1. The van der Waals surface area contributed by atoms with E-state index >= 15 is 0 Å². The lowest BCUT2D eigenvalue weighted by molar-refractivity contribution is -0.133. The van der Waals surface area contributed by atoms with E-state index < -0.39 is 16.4 Å². The molecule has 11 heteroatoms. The third-order valence-electron chi connectivity index (χ3n) is 5.30. The molecular weight excluding hydrogens is 432 g/mol. The van der Waals surface area contributed by atoms with Gasteiger partial charge in [0.1, 0.15) is 13.2 Å². The molecule has 3 rings (SSSR count). The summed E-state index contributed by atoms with van der Waals surface area (Å²) in [7, 11) is -3.65. The summed E-state index contributed by atoms with van der Waals surface area (Å²) >= 11 is 0. The zero-order valence-electron chi connectivity index (χ0n) is 17.4. The summed E-state index contributed by atoms with van der Waals surface area (Å²) in [5.74, 6) is 0.974. The normalized spacial score (nSPS) is 17.2. The zero-order valence-corrected chi connectivity index (χ0v) is 18.2. The summed E-state index contributed by atoms with van der Waals surface area (Å²) < 4.78 is 63.1. The van der Waals surface area contributed by atoms with Crippen LogP contribution in [0.5, 0.6) is 11.5 Å². The van der Waals surface area contributed by atoms with E-state index in [4.69, 9.17) is 9.47 Å². The first-order valence-electron chi connectivity index (χ1n) is 10.5. The number of hydrogen-bond acceptors (Lipinski definition) is 6. The van der Waals surface area contributed by atoms with Crippen molar-refractivity contribution in [2.45, 2.75) is 37.0 Å². The SMILES string of the molecule is O=C(CCCCCNS(=O)(=O)c1ccc2c(c1)OCCO2)N1CCN(CC(F)F)CC1. The molecule has 0 saturated carbocycles. The van der Waals surface area contributed by atoms with Crippen LogP contribution in [-0.4, -0.2) is 83.0 Å². The molecule has 1 N–H and O–H groups in total. The highest BCUT2D eigenvalue weighted by molar-refractivity contribution is 7.89. The van der Waals surface area contributed by atoms with Crippen molar-refractivity contribution in [1.82, 2.24) is 14.5 Å². The average Bonchev–Trinajstić information content (AvgIpc) is 2.75. The summed E-state index contributed by atoms with van der Waals surface area (Å²) in [6.07, 6.45) is 0.000216. The lowest BCUT2D eigenvalue weighted by atomic mass is 10.1. The molecule has 31 heavy (non-hydrogen) atoms. The number of nitrogens with one attached hydrogen (secondary N) is 1. The quantitative estimate of drug-likeness (QED) is 0.534. The number of rotatable bonds is 10. The molecule has 1 amide bonds. The summed E-state index contributed by atoms with van der Waals surface area (Å²) in [5.41, 5.74) is 0. The molecule has 0 bridgehead atoms. The molecule has 0 aromatic heterocycles.